The van der Waals surface area contributed by atoms with E-state index < -0.39 is 20.4 Å². The lowest BCUT2D eigenvalue weighted by atomic mass is 10.1. The van der Waals surface area contributed by atoms with Crippen molar-refractivity contribution in [3.63, 3.8) is 0 Å². The third-order valence-corrected chi connectivity index (χ3v) is 12.6. The molecule has 8 heteroatoms. The summed E-state index contributed by atoms with van der Waals surface area (Å²) in [6, 6.07) is 29.2. The lowest BCUT2D eigenvalue weighted by Crippen LogP contribution is -2.14. The predicted octanol–water partition coefficient (Wildman–Crippen LogP) is 9.22. The van der Waals surface area contributed by atoms with Crippen molar-refractivity contribution in [2.24, 2.45) is 0 Å². The van der Waals surface area contributed by atoms with E-state index in [1.165, 1.54) is 32.1 Å². The highest BCUT2D eigenvalue weighted by Gasteiger charge is 2.38. The molecule has 0 atom stereocenters. The van der Waals surface area contributed by atoms with Gasteiger partial charge in [0, 0.05) is 14.7 Å². The molecule has 0 N–H and O–H groups in total. The van der Waals surface area contributed by atoms with E-state index in [1.807, 2.05) is 84.9 Å². The summed E-state index contributed by atoms with van der Waals surface area (Å²) in [6.45, 7) is 2.22. The van der Waals surface area contributed by atoms with Crippen molar-refractivity contribution in [3.8, 4) is 17.2 Å². The molecule has 0 unspecified atom stereocenters. The first-order chi connectivity index (χ1) is 20.9. The monoisotopic (exact) mass is 622 g/mol. The molecule has 0 bridgehead atoms. The van der Waals surface area contributed by atoms with Crippen LogP contribution in [0.2, 0.25) is 0 Å². The Hall–Kier alpha value is -3.46. The Morgan fingerprint density at radius 3 is 1.26 bits per heavy atom. The normalized spacial score (nSPS) is 12.1. The molecule has 0 heterocycles. The van der Waals surface area contributed by atoms with E-state index >= 15 is 0 Å². The van der Waals surface area contributed by atoms with E-state index in [0.717, 1.165) is 18.4 Å². The molecule has 43 heavy (non-hydrogen) atoms. The van der Waals surface area contributed by atoms with Crippen LogP contribution in [0.3, 0.4) is 0 Å². The molecule has 4 rings (SSSR count). The smallest absolute Gasteiger partial charge is 0.307 e. The highest BCUT2D eigenvalue weighted by atomic mass is 32.3. The van der Waals surface area contributed by atoms with Gasteiger partial charge in [-0.25, -0.2) is 3.63 Å². The Morgan fingerprint density at radius 2 is 0.860 bits per heavy atom. The first kappa shape index (κ1) is 32.5. The van der Waals surface area contributed by atoms with E-state index in [1.54, 1.807) is 33.5 Å². The Kier molecular flexibility index (Phi) is 11.6. The highest BCUT2D eigenvalue weighted by Crippen LogP contribution is 2.70. The van der Waals surface area contributed by atoms with Crippen molar-refractivity contribution >= 4 is 20.4 Å². The maximum atomic E-state index is 14.1. The number of methoxy groups -OCH3 is 3. The van der Waals surface area contributed by atoms with Crippen LogP contribution in [-0.2, 0) is 20.2 Å². The van der Waals surface area contributed by atoms with Crippen LogP contribution >= 0.6 is 10.3 Å². The number of aryl methyl sites for hydroxylation is 1. The zero-order valence-corrected chi connectivity index (χ0v) is 27.1. The van der Waals surface area contributed by atoms with Gasteiger partial charge in [-0.05, 0) is 114 Å². The summed E-state index contributed by atoms with van der Waals surface area (Å²) in [5.74, 6) is 1.97. The van der Waals surface area contributed by atoms with Gasteiger partial charge < -0.3 is 14.2 Å². The number of rotatable bonds is 16. The molecule has 0 aliphatic rings. The molecule has 4 aromatic rings. The lowest BCUT2D eigenvalue weighted by Gasteiger charge is -2.39. The van der Waals surface area contributed by atoms with Crippen molar-refractivity contribution in [2.75, 3.05) is 21.3 Å². The molecule has 4 aromatic carbocycles. The van der Waals surface area contributed by atoms with Crippen molar-refractivity contribution in [2.45, 2.75) is 71.5 Å². The molecule has 0 amide bonds. The molecule has 230 valence electrons. The molecular formula is C35H42O6S2. The maximum Gasteiger partial charge on any atom is 0.307 e. The van der Waals surface area contributed by atoms with Crippen LogP contribution in [0.1, 0.15) is 51.0 Å². The highest BCUT2D eigenvalue weighted by molar-refractivity contribution is 8.33. The SMILES string of the molecule is CCCCCCCCc1ccc(S(=O)(=O)OS(c2ccc(OC)cc2)(c2ccc(OC)cc2)c2ccc(OC)cc2)cc1. The molecular weight excluding hydrogens is 581 g/mol. The van der Waals surface area contributed by atoms with Crippen molar-refractivity contribution in [1.29, 1.82) is 0 Å². The first-order valence-electron chi connectivity index (χ1n) is 14.7. The van der Waals surface area contributed by atoms with Gasteiger partial charge >= 0.3 is 10.1 Å². The zero-order chi connectivity index (χ0) is 30.7. The summed E-state index contributed by atoms with van der Waals surface area (Å²) < 4.78 is 51.0. The van der Waals surface area contributed by atoms with E-state index in [-0.39, 0.29) is 4.90 Å². The van der Waals surface area contributed by atoms with E-state index in [2.05, 4.69) is 6.92 Å². The van der Waals surface area contributed by atoms with Crippen LogP contribution < -0.4 is 14.2 Å². The van der Waals surface area contributed by atoms with Gasteiger partial charge in [0.1, 0.15) is 17.2 Å². The number of hydrogen-bond donors (Lipinski definition) is 0. The van der Waals surface area contributed by atoms with Crippen LogP contribution in [0.4, 0.5) is 0 Å². The van der Waals surface area contributed by atoms with E-state index in [0.29, 0.717) is 31.9 Å². The molecule has 0 aliphatic heterocycles. The van der Waals surface area contributed by atoms with Crippen LogP contribution in [-0.4, -0.2) is 29.7 Å². The fraction of sp³-hybridized carbons (Fsp3) is 0.314. The average Bonchev–Trinajstić information content (AvgIpc) is 3.05. The summed E-state index contributed by atoms with van der Waals surface area (Å²) >= 11 is 0. The van der Waals surface area contributed by atoms with Crippen molar-refractivity contribution < 1.29 is 26.3 Å². The van der Waals surface area contributed by atoms with Gasteiger partial charge in [0.2, 0.25) is 0 Å². The van der Waals surface area contributed by atoms with Gasteiger partial charge in [0.25, 0.3) is 0 Å². The summed E-state index contributed by atoms with van der Waals surface area (Å²) in [4.78, 5) is 2.22. The second kappa shape index (κ2) is 15.3. The summed E-state index contributed by atoms with van der Waals surface area (Å²) in [6.07, 6.45) is 8.21. The van der Waals surface area contributed by atoms with Gasteiger partial charge in [-0.2, -0.15) is 8.42 Å². The van der Waals surface area contributed by atoms with Crippen molar-refractivity contribution in [3.05, 3.63) is 103 Å². The zero-order valence-electron chi connectivity index (χ0n) is 25.5. The summed E-state index contributed by atoms with van der Waals surface area (Å²) in [5.41, 5.74) is 1.12. The van der Waals surface area contributed by atoms with Crippen LogP contribution in [0, 0.1) is 0 Å². The molecule has 0 spiro atoms. The second-order valence-corrected chi connectivity index (χ2v) is 14.7. The number of unbranched alkanes of at least 4 members (excludes halogenated alkanes) is 5. The average molecular weight is 623 g/mol. The number of ether oxygens (including phenoxy) is 3. The third kappa shape index (κ3) is 7.93. The first-order valence-corrected chi connectivity index (χ1v) is 17.6. The summed E-state index contributed by atoms with van der Waals surface area (Å²) in [7, 11) is -2.23. The van der Waals surface area contributed by atoms with Crippen molar-refractivity contribution in [1.82, 2.24) is 0 Å². The quantitative estimate of drug-likeness (QED) is 0.116. The van der Waals surface area contributed by atoms with Gasteiger partial charge in [0.15, 0.2) is 0 Å². The topological polar surface area (TPSA) is 71.1 Å². The number of hydrogen-bond acceptors (Lipinski definition) is 6. The second-order valence-electron chi connectivity index (χ2n) is 10.3. The van der Waals surface area contributed by atoms with E-state index in [9.17, 15) is 8.42 Å². The molecule has 0 radical (unpaired) electrons. The van der Waals surface area contributed by atoms with Crippen LogP contribution in [0.25, 0.3) is 0 Å². The predicted molar refractivity (Wildman–Crippen MR) is 173 cm³/mol. The molecule has 0 aliphatic carbocycles. The Balaban J connectivity index is 1.76. The van der Waals surface area contributed by atoms with Gasteiger partial charge in [0.05, 0.1) is 26.2 Å². The Bertz CT molecular complexity index is 1400. The van der Waals surface area contributed by atoms with Crippen LogP contribution in [0.5, 0.6) is 17.2 Å². The maximum absolute atomic E-state index is 14.1. The molecule has 0 saturated carbocycles. The standard InChI is InChI=1S/C35H42O6S2/c1-5-6-7-8-9-10-11-28-12-20-35(21-13-28)43(36,37)41-42(32-22-14-29(38-2)15-23-32,33-24-16-30(39-3)17-25-33)34-26-18-31(40-4)19-27-34/h12-27H,5-11H2,1-4H3. The minimum absolute atomic E-state index is 0.117. The Morgan fingerprint density at radius 1 is 0.488 bits per heavy atom. The fourth-order valence-electron chi connectivity index (χ4n) is 4.93. The van der Waals surface area contributed by atoms with Crippen LogP contribution in [0.15, 0.2) is 117 Å². The van der Waals surface area contributed by atoms with Gasteiger partial charge in [-0.15, -0.1) is 0 Å². The lowest BCUT2D eigenvalue weighted by molar-refractivity contribution is 0.414. The third-order valence-electron chi connectivity index (χ3n) is 7.40. The largest absolute Gasteiger partial charge is 0.497 e. The fourth-order valence-corrected chi connectivity index (χ4v) is 10.1. The van der Waals surface area contributed by atoms with Gasteiger partial charge in [-0.1, -0.05) is 51.2 Å². The minimum Gasteiger partial charge on any atom is -0.497 e. The van der Waals surface area contributed by atoms with E-state index in [4.69, 9.17) is 17.8 Å². The molecule has 6 nitrogen and oxygen atoms in total. The summed E-state index contributed by atoms with van der Waals surface area (Å²) in [5, 5.41) is 0. The molecule has 0 aromatic heterocycles. The van der Waals surface area contributed by atoms with Gasteiger partial charge in [-0.3, -0.25) is 0 Å². The minimum atomic E-state index is -4.22. The number of benzene rings is 4. The molecule has 0 saturated heterocycles. The molecule has 0 fully saturated rings. The Labute approximate surface area is 258 Å².